The summed E-state index contributed by atoms with van der Waals surface area (Å²) in [5.41, 5.74) is -1.56. The van der Waals surface area contributed by atoms with Crippen molar-refractivity contribution in [2.24, 2.45) is 0 Å². The first-order valence-electron chi connectivity index (χ1n) is 10.5. The van der Waals surface area contributed by atoms with E-state index in [4.69, 9.17) is 0 Å². The minimum atomic E-state index is -4.77. The standard InChI is InChI=1S/C26H20F8/c1-2-3-4-5-15-10-23(30)25(24(31)11-15)16-6-7-18(20(27)12-16)17-13-21(28)19(22(29)14-17)8-9-26(32,33)34/h6-14H,2-5H2,1H3/b9-8+. The van der Waals surface area contributed by atoms with Crippen molar-refractivity contribution >= 4 is 6.08 Å². The number of alkyl halides is 3. The topological polar surface area (TPSA) is 0 Å². The molecule has 0 aliphatic rings. The smallest absolute Gasteiger partial charge is 0.206 e. The molecule has 0 N–H and O–H groups in total. The van der Waals surface area contributed by atoms with Crippen LogP contribution >= 0.6 is 0 Å². The molecule has 34 heavy (non-hydrogen) atoms. The van der Waals surface area contributed by atoms with E-state index >= 15 is 0 Å². The maximum absolute atomic E-state index is 14.8. The van der Waals surface area contributed by atoms with Crippen LogP contribution < -0.4 is 0 Å². The Balaban J connectivity index is 1.94. The van der Waals surface area contributed by atoms with Gasteiger partial charge in [0.15, 0.2) is 0 Å². The summed E-state index contributed by atoms with van der Waals surface area (Å²) in [4.78, 5) is 0. The van der Waals surface area contributed by atoms with Gasteiger partial charge >= 0.3 is 6.18 Å². The monoisotopic (exact) mass is 484 g/mol. The Morgan fingerprint density at radius 3 is 1.82 bits per heavy atom. The summed E-state index contributed by atoms with van der Waals surface area (Å²) < 4.78 is 109. The van der Waals surface area contributed by atoms with Crippen molar-refractivity contribution in [3.63, 3.8) is 0 Å². The van der Waals surface area contributed by atoms with Crippen molar-refractivity contribution in [2.75, 3.05) is 0 Å². The van der Waals surface area contributed by atoms with Gasteiger partial charge in [-0.15, -0.1) is 0 Å². The molecule has 180 valence electrons. The highest BCUT2D eigenvalue weighted by Crippen LogP contribution is 2.33. The highest BCUT2D eigenvalue weighted by Gasteiger charge is 2.23. The lowest BCUT2D eigenvalue weighted by molar-refractivity contribution is -0.0790. The fraction of sp³-hybridized carbons (Fsp3) is 0.231. The predicted octanol–water partition coefficient (Wildman–Crippen LogP) is 9.02. The molecule has 0 aromatic heterocycles. The van der Waals surface area contributed by atoms with E-state index in [1.165, 1.54) is 18.2 Å². The zero-order valence-corrected chi connectivity index (χ0v) is 18.0. The number of aryl methyl sites for hydroxylation is 1. The maximum Gasteiger partial charge on any atom is 0.409 e. The second-order valence-electron chi connectivity index (χ2n) is 7.81. The molecule has 0 amide bonds. The van der Waals surface area contributed by atoms with Gasteiger partial charge in [-0.05, 0) is 65.9 Å². The molecule has 0 saturated carbocycles. The first-order chi connectivity index (χ1) is 16.0. The van der Waals surface area contributed by atoms with Crippen LogP contribution in [0.1, 0.15) is 37.3 Å². The minimum absolute atomic E-state index is 0.109. The SMILES string of the molecule is CCCCCc1cc(F)c(-c2ccc(-c3cc(F)c(/C=C/C(F)(F)F)c(F)c3)c(F)c2)c(F)c1. The molecule has 8 heteroatoms. The summed E-state index contributed by atoms with van der Waals surface area (Å²) in [6.45, 7) is 2.00. The average Bonchev–Trinajstić information content (AvgIpc) is 2.72. The van der Waals surface area contributed by atoms with Crippen molar-refractivity contribution in [1.82, 2.24) is 0 Å². The molecule has 0 radical (unpaired) electrons. The van der Waals surface area contributed by atoms with E-state index in [-0.39, 0.29) is 28.8 Å². The van der Waals surface area contributed by atoms with E-state index in [9.17, 15) is 35.1 Å². The summed E-state index contributed by atoms with van der Waals surface area (Å²) in [5.74, 6) is -5.39. The third-order valence-corrected chi connectivity index (χ3v) is 5.26. The van der Waals surface area contributed by atoms with E-state index < -0.39 is 46.4 Å². The number of hydrogen-bond donors (Lipinski definition) is 0. The lowest BCUT2D eigenvalue weighted by Gasteiger charge is -2.11. The number of rotatable bonds is 7. The normalized spacial score (nSPS) is 12.0. The molecule has 3 aromatic carbocycles. The Morgan fingerprint density at radius 2 is 1.29 bits per heavy atom. The Labute approximate surface area is 191 Å². The molecule has 3 aromatic rings. The van der Waals surface area contributed by atoms with E-state index in [0.717, 1.165) is 31.4 Å². The van der Waals surface area contributed by atoms with Gasteiger partial charge in [-0.25, -0.2) is 22.0 Å². The van der Waals surface area contributed by atoms with Gasteiger partial charge in [-0.3, -0.25) is 0 Å². The first kappa shape index (κ1) is 25.5. The van der Waals surface area contributed by atoms with Gasteiger partial charge in [0.25, 0.3) is 0 Å². The van der Waals surface area contributed by atoms with Crippen LogP contribution in [0.2, 0.25) is 0 Å². The highest BCUT2D eigenvalue weighted by molar-refractivity contribution is 5.73. The van der Waals surface area contributed by atoms with Gasteiger partial charge in [0.2, 0.25) is 0 Å². The third kappa shape index (κ3) is 6.04. The number of allylic oxidation sites excluding steroid dienone is 1. The summed E-state index contributed by atoms with van der Waals surface area (Å²) >= 11 is 0. The zero-order valence-electron chi connectivity index (χ0n) is 18.0. The van der Waals surface area contributed by atoms with E-state index in [1.807, 2.05) is 6.92 Å². The van der Waals surface area contributed by atoms with Crippen molar-refractivity contribution in [3.8, 4) is 22.3 Å². The molecule has 0 aliphatic carbocycles. The fourth-order valence-electron chi connectivity index (χ4n) is 3.61. The zero-order chi connectivity index (χ0) is 25.0. The molecule has 3 rings (SSSR count). The van der Waals surface area contributed by atoms with Gasteiger partial charge in [-0.1, -0.05) is 31.9 Å². The summed E-state index contributed by atoms with van der Waals surface area (Å²) in [6, 6.07) is 6.88. The molecule has 0 fully saturated rings. The minimum Gasteiger partial charge on any atom is -0.206 e. The molecule has 0 atom stereocenters. The van der Waals surface area contributed by atoms with Gasteiger partial charge < -0.3 is 0 Å². The van der Waals surface area contributed by atoms with E-state index in [2.05, 4.69) is 0 Å². The predicted molar refractivity (Wildman–Crippen MR) is 115 cm³/mol. The van der Waals surface area contributed by atoms with Gasteiger partial charge in [-0.2, -0.15) is 13.2 Å². The van der Waals surface area contributed by atoms with Crippen LogP contribution in [-0.2, 0) is 6.42 Å². The Bertz CT molecular complexity index is 1160. The summed E-state index contributed by atoms with van der Waals surface area (Å²) in [7, 11) is 0. The molecule has 0 nitrogen and oxygen atoms in total. The Morgan fingerprint density at radius 1 is 0.706 bits per heavy atom. The van der Waals surface area contributed by atoms with Crippen LogP contribution in [0.5, 0.6) is 0 Å². The molecule has 0 spiro atoms. The first-order valence-corrected chi connectivity index (χ1v) is 10.5. The van der Waals surface area contributed by atoms with Gasteiger partial charge in [0.05, 0.1) is 5.56 Å². The molecule has 0 saturated heterocycles. The van der Waals surface area contributed by atoms with Crippen LogP contribution in [0.3, 0.4) is 0 Å². The van der Waals surface area contributed by atoms with Gasteiger partial charge in [0, 0.05) is 17.2 Å². The van der Waals surface area contributed by atoms with Crippen LogP contribution in [0.4, 0.5) is 35.1 Å². The van der Waals surface area contributed by atoms with E-state index in [0.29, 0.717) is 24.1 Å². The van der Waals surface area contributed by atoms with Crippen LogP contribution in [0, 0.1) is 29.1 Å². The Hall–Kier alpha value is -3.16. The van der Waals surface area contributed by atoms with Crippen molar-refractivity contribution in [2.45, 2.75) is 38.8 Å². The quantitative estimate of drug-likeness (QED) is 0.232. The summed E-state index contributed by atoms with van der Waals surface area (Å²) in [6.07, 6.45) is -1.70. The maximum atomic E-state index is 14.8. The number of halogens is 8. The fourth-order valence-corrected chi connectivity index (χ4v) is 3.61. The Kier molecular flexibility index (Phi) is 7.79. The highest BCUT2D eigenvalue weighted by atomic mass is 19.4. The second-order valence-corrected chi connectivity index (χ2v) is 7.81. The van der Waals surface area contributed by atoms with Gasteiger partial charge in [0.1, 0.15) is 29.1 Å². The molecular formula is C26H20F8. The van der Waals surface area contributed by atoms with Crippen LogP contribution in [-0.4, -0.2) is 6.18 Å². The molecular weight excluding hydrogens is 464 g/mol. The number of benzene rings is 3. The van der Waals surface area contributed by atoms with Crippen molar-refractivity contribution in [1.29, 1.82) is 0 Å². The average molecular weight is 484 g/mol. The number of unbranched alkanes of at least 4 members (excludes halogenated alkanes) is 2. The molecule has 0 bridgehead atoms. The second kappa shape index (κ2) is 10.4. The lowest BCUT2D eigenvalue weighted by atomic mass is 9.96. The lowest BCUT2D eigenvalue weighted by Crippen LogP contribution is -2.01. The van der Waals surface area contributed by atoms with Crippen LogP contribution in [0.15, 0.2) is 48.5 Å². The molecule has 0 aliphatic heterocycles. The molecule has 0 unspecified atom stereocenters. The summed E-state index contributed by atoms with van der Waals surface area (Å²) in [5, 5.41) is 0. The van der Waals surface area contributed by atoms with Crippen molar-refractivity contribution < 1.29 is 35.1 Å². The number of hydrogen-bond acceptors (Lipinski definition) is 0. The molecule has 0 heterocycles. The van der Waals surface area contributed by atoms with Crippen LogP contribution in [0.25, 0.3) is 28.3 Å². The largest absolute Gasteiger partial charge is 0.409 e. The third-order valence-electron chi connectivity index (χ3n) is 5.26. The van der Waals surface area contributed by atoms with E-state index in [1.54, 1.807) is 0 Å². The van der Waals surface area contributed by atoms with Crippen molar-refractivity contribution in [3.05, 3.63) is 88.8 Å².